The highest BCUT2D eigenvalue weighted by Gasteiger charge is 2.32. The number of halogens is 2. The van der Waals surface area contributed by atoms with E-state index in [1.807, 2.05) is 18.2 Å². The number of aromatic nitrogens is 1. The quantitative estimate of drug-likeness (QED) is 0.204. The normalized spacial score (nSPS) is 16.1. The average molecular weight is 645 g/mol. The molecule has 2 aliphatic rings. The first kappa shape index (κ1) is 26.3. The number of carbonyl (C=O) groups excluding carboxylic acids is 1. The molecule has 1 fully saturated rings. The van der Waals surface area contributed by atoms with Crippen LogP contribution in [0.2, 0.25) is 5.02 Å². The van der Waals surface area contributed by atoms with Gasteiger partial charge in [-0.25, -0.2) is 9.78 Å². The number of benzene rings is 2. The number of carboxylic acids is 1. The fraction of sp³-hybridized carbons (Fsp3) is 0.214. The molecule has 196 valence electrons. The molecule has 10 heteroatoms. The molecular formula is C28H24ClIN3O5-. The van der Waals surface area contributed by atoms with Crippen LogP contribution < -0.4 is 5.32 Å². The van der Waals surface area contributed by atoms with E-state index < -0.39 is 32.9 Å². The Bertz CT molecular complexity index is 1480. The molecule has 2 aromatic carbocycles. The van der Waals surface area contributed by atoms with Gasteiger partial charge in [0.25, 0.3) is 0 Å². The van der Waals surface area contributed by atoms with E-state index in [2.05, 4.69) is 10.3 Å². The van der Waals surface area contributed by atoms with Crippen LogP contribution in [0.4, 0.5) is 5.69 Å². The number of hydrogen-bond acceptors (Lipinski definition) is 6. The second kappa shape index (κ2) is 11.2. The second-order valence-electron chi connectivity index (χ2n) is 9.27. The number of nitrogens with one attached hydrogen (secondary N) is 1. The standard InChI is InChI=1S/C28H24ClIN3O5/c1-16-10-20(6-8-21(16)28(35)36)32-27(34)24(11-17-2-3-17)25-9-4-18(14-33(37)30-25)23-12-19(29)5-7-22(23)26-13-31-15-38-26/h4-10,12-15,17,24H,2-3,11H2,1H3,(H,32,34)(H,35,36)/q-1. The third-order valence-electron chi connectivity index (χ3n) is 6.47. The topological polar surface area (TPSA) is 119 Å². The lowest BCUT2D eigenvalue weighted by Crippen LogP contribution is -2.29. The zero-order chi connectivity index (χ0) is 26.8. The van der Waals surface area contributed by atoms with Gasteiger partial charge in [-0.05, 0) is 93.4 Å². The van der Waals surface area contributed by atoms with Crippen molar-refractivity contribution in [3.05, 3.63) is 94.3 Å². The number of carboxylic acid groups (broad SMARTS) is 1. The van der Waals surface area contributed by atoms with Crippen LogP contribution in [0.5, 0.6) is 0 Å². The first-order chi connectivity index (χ1) is 18.3. The molecule has 1 aromatic heterocycles. The number of hydrogen-bond donors (Lipinski definition) is 2. The van der Waals surface area contributed by atoms with Gasteiger partial charge in [0, 0.05) is 26.0 Å². The molecule has 0 spiro atoms. The second-order valence-corrected chi connectivity index (χ2v) is 12.4. The van der Waals surface area contributed by atoms with Crippen LogP contribution in [0.3, 0.4) is 0 Å². The number of carbonyl (C=O) groups is 2. The van der Waals surface area contributed by atoms with Crippen molar-refractivity contribution in [3.8, 4) is 11.3 Å². The van der Waals surface area contributed by atoms with Gasteiger partial charge in [0.15, 0.2) is 12.2 Å². The van der Waals surface area contributed by atoms with E-state index in [1.165, 1.54) is 12.5 Å². The Labute approximate surface area is 234 Å². The van der Waals surface area contributed by atoms with E-state index in [4.69, 9.17) is 16.0 Å². The molecule has 1 atom stereocenters. The predicted molar refractivity (Wildman–Crippen MR) is 156 cm³/mol. The van der Waals surface area contributed by atoms with Crippen molar-refractivity contribution in [2.75, 3.05) is 5.32 Å². The smallest absolute Gasteiger partial charge is 0.335 e. The molecule has 0 bridgehead atoms. The highest BCUT2D eigenvalue weighted by atomic mass is 127. The number of allylic oxidation sites excluding steroid dienone is 3. The van der Waals surface area contributed by atoms with Gasteiger partial charge in [-0.2, -0.15) is 0 Å². The summed E-state index contributed by atoms with van der Waals surface area (Å²) in [4.78, 5) is 28.8. The number of amides is 1. The molecule has 38 heavy (non-hydrogen) atoms. The van der Waals surface area contributed by atoms with E-state index in [1.54, 1.807) is 43.6 Å². The number of aryl methyl sites for hydroxylation is 1. The van der Waals surface area contributed by atoms with Gasteiger partial charge in [0.1, 0.15) is 0 Å². The fourth-order valence-corrected chi connectivity index (χ4v) is 6.74. The molecule has 1 aliphatic carbocycles. The van der Waals surface area contributed by atoms with E-state index in [0.29, 0.717) is 39.9 Å². The van der Waals surface area contributed by atoms with E-state index in [-0.39, 0.29) is 11.5 Å². The van der Waals surface area contributed by atoms with Crippen molar-refractivity contribution in [2.24, 2.45) is 11.8 Å². The molecule has 8 nitrogen and oxygen atoms in total. The Morgan fingerprint density at radius 1 is 1.24 bits per heavy atom. The molecule has 1 amide bonds. The molecule has 3 aromatic rings. The number of anilines is 1. The van der Waals surface area contributed by atoms with Crippen LogP contribution in [0.15, 0.2) is 71.8 Å². The summed E-state index contributed by atoms with van der Waals surface area (Å²) in [5.41, 5.74) is 3.43. The van der Waals surface area contributed by atoms with Gasteiger partial charge in [-0.1, -0.05) is 36.6 Å². The van der Waals surface area contributed by atoms with Crippen molar-refractivity contribution < 1.29 is 19.1 Å². The van der Waals surface area contributed by atoms with Gasteiger partial charge in [-0.15, -0.1) is 0 Å². The number of oxazole rings is 1. The van der Waals surface area contributed by atoms with Gasteiger partial charge >= 0.3 is 5.97 Å². The van der Waals surface area contributed by atoms with Crippen molar-refractivity contribution in [1.29, 1.82) is 0 Å². The first-order valence-corrected chi connectivity index (χ1v) is 14.4. The van der Waals surface area contributed by atoms with E-state index >= 15 is 0 Å². The summed E-state index contributed by atoms with van der Waals surface area (Å²) < 4.78 is 7.25. The summed E-state index contributed by atoms with van der Waals surface area (Å²) >= 11 is 5.13. The number of aromatic carboxylic acids is 1. The molecule has 5 rings (SSSR count). The maximum Gasteiger partial charge on any atom is 0.335 e. The molecule has 1 saturated carbocycles. The maximum absolute atomic E-state index is 13.5. The Balaban J connectivity index is 1.43. The summed E-state index contributed by atoms with van der Waals surface area (Å²) in [7, 11) is 0. The van der Waals surface area contributed by atoms with Crippen molar-refractivity contribution >= 4 is 59.3 Å². The van der Waals surface area contributed by atoms with Gasteiger partial charge in [-0.3, -0.25) is 4.79 Å². The molecule has 1 aliphatic heterocycles. The minimum atomic E-state index is -1.17. The summed E-state index contributed by atoms with van der Waals surface area (Å²) in [6, 6.07) is 10.1. The van der Waals surface area contributed by atoms with Crippen molar-refractivity contribution in [1.82, 2.24) is 8.26 Å². The third-order valence-corrected chi connectivity index (χ3v) is 9.13. The Morgan fingerprint density at radius 3 is 2.74 bits per heavy atom. The Hall–Kier alpha value is -3.28. The molecule has 1 unspecified atom stereocenters. The third kappa shape index (κ3) is 6.06. The van der Waals surface area contributed by atoms with Crippen LogP contribution >= 0.6 is 32.6 Å². The zero-order valence-electron chi connectivity index (χ0n) is 20.4. The summed E-state index contributed by atoms with van der Waals surface area (Å²) in [5.74, 6) is -0.653. The summed E-state index contributed by atoms with van der Waals surface area (Å²) in [5, 5.41) is 25.8. The highest BCUT2D eigenvalue weighted by Crippen LogP contribution is 2.39. The van der Waals surface area contributed by atoms with Crippen LogP contribution in [0.1, 0.15) is 40.7 Å². The van der Waals surface area contributed by atoms with Crippen LogP contribution in [-0.4, -0.2) is 28.8 Å². The lowest BCUT2D eigenvalue weighted by molar-refractivity contribution is -0.118. The first-order valence-electron chi connectivity index (χ1n) is 12.0. The number of rotatable bonds is 8. The van der Waals surface area contributed by atoms with Crippen LogP contribution in [-0.2, 0) is 4.79 Å². The molecular weight excluding hydrogens is 621 g/mol. The lowest BCUT2D eigenvalue weighted by atomic mass is 9.94. The minimum absolute atomic E-state index is 0.191. The number of hydroxylamine groups is 1. The predicted octanol–water partition coefficient (Wildman–Crippen LogP) is 6.83. The minimum Gasteiger partial charge on any atom is -0.750 e. The zero-order valence-corrected chi connectivity index (χ0v) is 23.3. The Morgan fingerprint density at radius 2 is 2.05 bits per heavy atom. The largest absolute Gasteiger partial charge is 0.750 e. The summed E-state index contributed by atoms with van der Waals surface area (Å²) in [6.07, 6.45) is 11.1. The van der Waals surface area contributed by atoms with Gasteiger partial charge in [0.05, 0.1) is 17.7 Å². The van der Waals surface area contributed by atoms with E-state index in [0.717, 1.165) is 30.8 Å². The number of nitrogens with zero attached hydrogens (tertiary/aromatic N) is 2. The molecule has 2 heterocycles. The maximum atomic E-state index is 13.5. The SMILES string of the molecule is Cc1cc(NC(=O)C(CC2CC2)C2=IN([O-])C=C(c3cc(Cl)ccc3-c3cnco3)C=C2)ccc1C(=O)O. The summed E-state index contributed by atoms with van der Waals surface area (Å²) in [6.45, 7) is 1.69. The average Bonchev–Trinajstić information content (AvgIpc) is 3.58. The lowest BCUT2D eigenvalue weighted by Gasteiger charge is -2.24. The van der Waals surface area contributed by atoms with Gasteiger partial charge in [0.2, 0.25) is 5.91 Å². The monoisotopic (exact) mass is 644 g/mol. The van der Waals surface area contributed by atoms with Gasteiger partial charge < -0.3 is 23.3 Å². The Kier molecular flexibility index (Phi) is 7.78. The van der Waals surface area contributed by atoms with E-state index in [9.17, 15) is 19.9 Å². The highest BCUT2D eigenvalue weighted by molar-refractivity contribution is 14.2. The molecule has 0 radical (unpaired) electrons. The van der Waals surface area contributed by atoms with Crippen molar-refractivity contribution in [2.45, 2.75) is 26.2 Å². The molecule has 2 N–H and O–H groups in total. The fourth-order valence-electron chi connectivity index (χ4n) is 4.37. The van der Waals surface area contributed by atoms with Crippen LogP contribution in [0, 0.1) is 24.0 Å². The van der Waals surface area contributed by atoms with Crippen molar-refractivity contribution in [3.63, 3.8) is 0 Å². The molecule has 0 saturated heterocycles. The van der Waals surface area contributed by atoms with Crippen LogP contribution in [0.25, 0.3) is 16.9 Å².